The van der Waals surface area contributed by atoms with Crippen molar-refractivity contribution in [1.82, 2.24) is 19.8 Å². The van der Waals surface area contributed by atoms with E-state index >= 15 is 0 Å². The van der Waals surface area contributed by atoms with Crippen LogP contribution >= 0.6 is 11.6 Å². The summed E-state index contributed by atoms with van der Waals surface area (Å²) in [6.07, 6.45) is 6.02. The van der Waals surface area contributed by atoms with E-state index in [1.807, 2.05) is 0 Å². The molecule has 9 nitrogen and oxygen atoms in total. The molecule has 11 heteroatoms. The summed E-state index contributed by atoms with van der Waals surface area (Å²) >= 11 is 6.06. The largest absolute Gasteiger partial charge is 0.364 e. The van der Waals surface area contributed by atoms with Crippen LogP contribution in [0.1, 0.15) is 66.4 Å². The lowest BCUT2D eigenvalue weighted by Gasteiger charge is -2.38. The monoisotopic (exact) mass is 532 g/mol. The van der Waals surface area contributed by atoms with E-state index in [0.29, 0.717) is 43.8 Å². The second-order valence-electron chi connectivity index (χ2n) is 10.1. The fraction of sp³-hybridized carbons (Fsp3) is 0.538. The minimum atomic E-state index is -0.731. The first-order valence-corrected chi connectivity index (χ1v) is 13.2. The van der Waals surface area contributed by atoms with Gasteiger partial charge in [-0.05, 0) is 75.7 Å². The van der Waals surface area contributed by atoms with Gasteiger partial charge in [0.05, 0.1) is 17.0 Å². The fourth-order valence-electron chi connectivity index (χ4n) is 5.24. The van der Waals surface area contributed by atoms with Gasteiger partial charge in [0.2, 0.25) is 5.91 Å². The molecule has 0 spiro atoms. The van der Waals surface area contributed by atoms with E-state index in [1.54, 1.807) is 4.90 Å². The Morgan fingerprint density at radius 1 is 1.19 bits per heavy atom. The number of hydrogen-bond acceptors (Lipinski definition) is 5. The van der Waals surface area contributed by atoms with E-state index in [2.05, 4.69) is 27.1 Å². The Morgan fingerprint density at radius 2 is 1.89 bits per heavy atom. The summed E-state index contributed by atoms with van der Waals surface area (Å²) < 4.78 is 13.3. The summed E-state index contributed by atoms with van der Waals surface area (Å²) in [5.41, 5.74) is 5.86. The molecule has 0 bridgehead atoms. The van der Waals surface area contributed by atoms with Crippen molar-refractivity contribution in [3.05, 3.63) is 46.8 Å². The minimum Gasteiger partial charge on any atom is -0.364 e. The maximum Gasteiger partial charge on any atom is 0.275 e. The van der Waals surface area contributed by atoms with Gasteiger partial charge in [-0.3, -0.25) is 14.4 Å². The van der Waals surface area contributed by atoms with Crippen LogP contribution in [0.5, 0.6) is 0 Å². The highest BCUT2D eigenvalue weighted by Crippen LogP contribution is 2.31. The average molecular weight is 533 g/mol. The second kappa shape index (κ2) is 12.0. The van der Waals surface area contributed by atoms with E-state index in [-0.39, 0.29) is 40.2 Å². The van der Waals surface area contributed by atoms with Gasteiger partial charge in [-0.2, -0.15) is 0 Å². The van der Waals surface area contributed by atoms with Crippen molar-refractivity contribution in [2.24, 2.45) is 17.6 Å². The van der Waals surface area contributed by atoms with Crippen LogP contribution in [0, 0.1) is 17.7 Å². The van der Waals surface area contributed by atoms with Crippen LogP contribution in [0.25, 0.3) is 0 Å². The summed E-state index contributed by atoms with van der Waals surface area (Å²) in [7, 11) is 0. The number of carbonyl (C=O) groups is 3. The zero-order chi connectivity index (χ0) is 26.5. The summed E-state index contributed by atoms with van der Waals surface area (Å²) in [5.74, 6) is -1.23. The van der Waals surface area contributed by atoms with Gasteiger partial charge in [-0.25, -0.2) is 9.37 Å². The maximum atomic E-state index is 13.6. The number of likely N-dealkylation sites (tertiary alicyclic amines) is 1. The van der Waals surface area contributed by atoms with Crippen LogP contribution in [0.2, 0.25) is 5.02 Å². The van der Waals surface area contributed by atoms with Crippen molar-refractivity contribution in [1.29, 1.82) is 0 Å². The third-order valence-electron chi connectivity index (χ3n) is 7.58. The first-order valence-electron chi connectivity index (χ1n) is 12.8. The molecule has 0 unspecified atom stereocenters. The molecule has 2 aromatic rings. The Bertz CT molecular complexity index is 1130. The highest BCUT2D eigenvalue weighted by molar-refractivity contribution is 6.33. The van der Waals surface area contributed by atoms with Crippen LogP contribution in [0.3, 0.4) is 0 Å². The van der Waals surface area contributed by atoms with Gasteiger partial charge in [0.15, 0.2) is 5.69 Å². The molecule has 1 saturated carbocycles. The van der Waals surface area contributed by atoms with Gasteiger partial charge in [-0.1, -0.05) is 18.5 Å². The lowest BCUT2D eigenvalue weighted by molar-refractivity contribution is -0.121. The normalized spacial score (nSPS) is 20.9. The first-order chi connectivity index (χ1) is 17.7. The number of amides is 3. The van der Waals surface area contributed by atoms with E-state index in [0.717, 1.165) is 38.5 Å². The Hall–Kier alpha value is -2.98. The van der Waals surface area contributed by atoms with Crippen LogP contribution in [-0.4, -0.2) is 69.7 Å². The molecule has 1 aliphatic heterocycles. The van der Waals surface area contributed by atoms with Crippen molar-refractivity contribution < 1.29 is 18.8 Å². The van der Waals surface area contributed by atoms with Gasteiger partial charge in [0.1, 0.15) is 11.5 Å². The number of rotatable bonds is 8. The zero-order valence-electron chi connectivity index (χ0n) is 21.0. The molecule has 0 radical (unpaired) electrons. The van der Waals surface area contributed by atoms with Gasteiger partial charge in [-0.15, -0.1) is 0 Å². The minimum absolute atomic E-state index is 0.00559. The van der Waals surface area contributed by atoms with Crippen molar-refractivity contribution >= 4 is 35.0 Å². The first kappa shape index (κ1) is 27.1. The van der Waals surface area contributed by atoms with Crippen LogP contribution in [-0.2, 0) is 4.79 Å². The van der Waals surface area contributed by atoms with E-state index in [9.17, 15) is 18.8 Å². The fourth-order valence-corrected chi connectivity index (χ4v) is 5.45. The number of aromatic nitrogens is 2. The molecular weight excluding hydrogens is 499 g/mol. The van der Waals surface area contributed by atoms with Crippen molar-refractivity contribution in [3.8, 4) is 0 Å². The predicted molar refractivity (Wildman–Crippen MR) is 139 cm³/mol. The van der Waals surface area contributed by atoms with Crippen LogP contribution < -0.4 is 11.1 Å². The number of aromatic amines is 1. The van der Waals surface area contributed by atoms with E-state index in [1.165, 1.54) is 18.5 Å². The molecule has 3 amide bonds. The Morgan fingerprint density at radius 3 is 2.54 bits per heavy atom. The number of anilines is 1. The molecule has 37 heavy (non-hydrogen) atoms. The Kier molecular flexibility index (Phi) is 8.81. The Balaban J connectivity index is 1.42. The number of piperidine rings is 1. The molecule has 200 valence electrons. The quantitative estimate of drug-likeness (QED) is 0.478. The highest BCUT2D eigenvalue weighted by atomic mass is 35.5. The summed E-state index contributed by atoms with van der Waals surface area (Å²) in [6.45, 7) is 5.49. The number of primary amides is 1. The summed E-state index contributed by atoms with van der Waals surface area (Å²) in [5, 5.41) is 2.95. The van der Waals surface area contributed by atoms with Gasteiger partial charge in [0, 0.05) is 25.0 Å². The van der Waals surface area contributed by atoms with Gasteiger partial charge < -0.3 is 25.8 Å². The number of benzene rings is 1. The maximum absolute atomic E-state index is 13.6. The third-order valence-corrected chi connectivity index (χ3v) is 7.89. The second-order valence-corrected chi connectivity index (χ2v) is 10.5. The predicted octanol–water partition coefficient (Wildman–Crippen LogP) is 3.67. The van der Waals surface area contributed by atoms with E-state index in [4.69, 9.17) is 17.3 Å². The molecule has 1 aromatic carbocycles. The highest BCUT2D eigenvalue weighted by Gasteiger charge is 2.34. The Labute approximate surface area is 220 Å². The van der Waals surface area contributed by atoms with E-state index < -0.39 is 11.7 Å². The topological polar surface area (TPSA) is 124 Å². The molecule has 4 N–H and O–H groups in total. The average Bonchev–Trinajstić information content (AvgIpc) is 3.38. The van der Waals surface area contributed by atoms with Crippen molar-refractivity contribution in [2.45, 2.75) is 51.5 Å². The van der Waals surface area contributed by atoms with Crippen molar-refractivity contribution in [2.75, 3.05) is 31.5 Å². The summed E-state index contributed by atoms with van der Waals surface area (Å²) in [4.78, 5) is 49.2. The molecule has 1 saturated heterocycles. The number of halogens is 2. The molecule has 0 atom stereocenters. The molecule has 1 aromatic heterocycles. The number of H-pyrrole nitrogens is 1. The smallest absolute Gasteiger partial charge is 0.275 e. The SMILES string of the molecule is CC1CCN(CCN(C(=O)c2nc[nH]c2C(N)=O)[C@H]2CC[C@H](C(=O)Nc3ccc(F)cc3Cl)CC2)CC1. The molecule has 2 fully saturated rings. The van der Waals surface area contributed by atoms with Crippen LogP contribution in [0.4, 0.5) is 10.1 Å². The van der Waals surface area contributed by atoms with Gasteiger partial charge in [0.25, 0.3) is 11.8 Å². The molecule has 1 aliphatic carbocycles. The molecule has 2 heterocycles. The lowest BCUT2D eigenvalue weighted by Crippen LogP contribution is -2.48. The number of nitrogens with two attached hydrogens (primary N) is 1. The van der Waals surface area contributed by atoms with Gasteiger partial charge >= 0.3 is 0 Å². The lowest BCUT2D eigenvalue weighted by atomic mass is 9.84. The molecular formula is C26H34ClFN6O3. The number of hydrogen-bond donors (Lipinski definition) is 3. The van der Waals surface area contributed by atoms with Crippen molar-refractivity contribution in [3.63, 3.8) is 0 Å². The zero-order valence-corrected chi connectivity index (χ0v) is 21.8. The molecule has 2 aliphatic rings. The standard InChI is InChI=1S/C26H34ClFN6O3/c1-16-8-10-33(11-9-16)12-13-34(26(37)23-22(24(29)35)30-15-31-23)19-5-2-17(3-6-19)25(36)32-21-7-4-18(28)14-20(21)27/h4,7,14-17,19H,2-3,5-6,8-13H2,1H3,(H2,29,35)(H,30,31)(H,32,36)/t17-,19-. The summed E-state index contributed by atoms with van der Waals surface area (Å²) in [6, 6.07) is 3.77. The molecule has 4 rings (SSSR count). The number of imidazole rings is 1. The number of carbonyl (C=O) groups excluding carboxylic acids is 3. The third kappa shape index (κ3) is 6.67. The number of nitrogens with one attached hydrogen (secondary N) is 2. The number of nitrogens with zero attached hydrogens (tertiary/aromatic N) is 3. The van der Waals surface area contributed by atoms with Crippen LogP contribution in [0.15, 0.2) is 24.5 Å².